The number of hydrogen-bond donors (Lipinski definition) is 6. The lowest BCUT2D eigenvalue weighted by Gasteiger charge is -2.31. The molecular weight excluding hydrogens is 436 g/mol. The number of nitrogens with zero attached hydrogens (tertiary/aromatic N) is 2. The van der Waals surface area contributed by atoms with Crippen LogP contribution in [0.25, 0.3) is 0 Å². The number of aromatic nitrogens is 2. The second-order valence-corrected chi connectivity index (χ2v) is 8.30. The topological polar surface area (TPSA) is 208 Å². The highest BCUT2D eigenvalue weighted by atomic mass is 16.4. The summed E-state index contributed by atoms with van der Waals surface area (Å²) in [5, 5.41) is 23.3. The molecule has 33 heavy (non-hydrogen) atoms. The lowest BCUT2D eigenvalue weighted by atomic mass is 10.0. The highest BCUT2D eigenvalue weighted by Gasteiger charge is 2.40. The van der Waals surface area contributed by atoms with Crippen molar-refractivity contribution in [3.05, 3.63) is 18.2 Å². The van der Waals surface area contributed by atoms with Gasteiger partial charge in [0, 0.05) is 24.9 Å². The van der Waals surface area contributed by atoms with Crippen molar-refractivity contribution in [2.75, 3.05) is 6.54 Å². The summed E-state index contributed by atoms with van der Waals surface area (Å²) in [5.41, 5.74) is 6.12. The molecule has 2 rings (SSSR count). The third-order valence-electron chi connectivity index (χ3n) is 5.39. The SMILES string of the molecule is CC(C)C(NC(=O)C(N)CC(=O)O)C(=O)N1CCCC1C(=O)NC(Cc1cnc[nH]1)C(=O)O. The van der Waals surface area contributed by atoms with Crippen LogP contribution in [0.2, 0.25) is 0 Å². The van der Waals surface area contributed by atoms with Gasteiger partial charge in [0.2, 0.25) is 17.7 Å². The lowest BCUT2D eigenvalue weighted by Crippen LogP contribution is -2.58. The van der Waals surface area contributed by atoms with E-state index in [-0.39, 0.29) is 18.9 Å². The molecule has 7 N–H and O–H groups in total. The zero-order valence-electron chi connectivity index (χ0n) is 18.5. The number of aromatic amines is 1. The summed E-state index contributed by atoms with van der Waals surface area (Å²) in [5.74, 6) is -4.74. The zero-order chi connectivity index (χ0) is 24.7. The molecule has 4 atom stereocenters. The van der Waals surface area contributed by atoms with Crippen LogP contribution in [0, 0.1) is 5.92 Å². The number of hydrogen-bond acceptors (Lipinski definition) is 7. The molecule has 13 nitrogen and oxygen atoms in total. The van der Waals surface area contributed by atoms with Crippen molar-refractivity contribution in [1.29, 1.82) is 0 Å². The van der Waals surface area contributed by atoms with Gasteiger partial charge in [-0.25, -0.2) is 9.78 Å². The number of aliphatic carboxylic acids is 2. The van der Waals surface area contributed by atoms with Crippen LogP contribution in [0.1, 0.15) is 38.8 Å². The summed E-state index contributed by atoms with van der Waals surface area (Å²) < 4.78 is 0. The zero-order valence-corrected chi connectivity index (χ0v) is 18.5. The molecular formula is C20H30N6O7. The number of likely N-dealkylation sites (tertiary alicyclic amines) is 1. The van der Waals surface area contributed by atoms with Crippen molar-refractivity contribution in [2.24, 2.45) is 11.7 Å². The van der Waals surface area contributed by atoms with Gasteiger partial charge >= 0.3 is 11.9 Å². The van der Waals surface area contributed by atoms with E-state index in [9.17, 15) is 29.1 Å². The van der Waals surface area contributed by atoms with Gasteiger partial charge < -0.3 is 36.5 Å². The quantitative estimate of drug-likeness (QED) is 0.223. The van der Waals surface area contributed by atoms with E-state index < -0.39 is 60.2 Å². The smallest absolute Gasteiger partial charge is 0.326 e. The first-order valence-corrected chi connectivity index (χ1v) is 10.6. The molecule has 1 aromatic rings. The molecule has 1 aliphatic rings. The van der Waals surface area contributed by atoms with E-state index in [1.807, 2.05) is 0 Å². The largest absolute Gasteiger partial charge is 0.481 e. The van der Waals surface area contributed by atoms with Crippen LogP contribution in [0.5, 0.6) is 0 Å². The summed E-state index contributed by atoms with van der Waals surface area (Å²) in [4.78, 5) is 68.7. The van der Waals surface area contributed by atoms with Gasteiger partial charge in [-0.1, -0.05) is 13.8 Å². The molecule has 1 aromatic heterocycles. The Morgan fingerprint density at radius 3 is 2.48 bits per heavy atom. The first-order chi connectivity index (χ1) is 15.5. The van der Waals surface area contributed by atoms with Crippen LogP contribution in [-0.4, -0.2) is 85.5 Å². The number of nitrogens with two attached hydrogens (primary N) is 1. The molecule has 13 heteroatoms. The predicted octanol–water partition coefficient (Wildman–Crippen LogP) is -1.54. The fourth-order valence-corrected chi connectivity index (χ4v) is 3.62. The van der Waals surface area contributed by atoms with E-state index in [1.54, 1.807) is 13.8 Å². The minimum absolute atomic E-state index is 0.00607. The van der Waals surface area contributed by atoms with E-state index in [0.29, 0.717) is 18.5 Å². The molecule has 1 aliphatic heterocycles. The Balaban J connectivity index is 2.09. The highest BCUT2D eigenvalue weighted by molar-refractivity contribution is 5.95. The second kappa shape index (κ2) is 11.4. The Morgan fingerprint density at radius 2 is 1.94 bits per heavy atom. The van der Waals surface area contributed by atoms with Crippen molar-refractivity contribution in [1.82, 2.24) is 25.5 Å². The lowest BCUT2D eigenvalue weighted by molar-refractivity contribution is -0.145. The van der Waals surface area contributed by atoms with E-state index >= 15 is 0 Å². The first kappa shape index (κ1) is 25.8. The Bertz CT molecular complexity index is 872. The van der Waals surface area contributed by atoms with Crippen molar-refractivity contribution in [2.45, 2.75) is 63.7 Å². The molecule has 3 amide bonds. The summed E-state index contributed by atoms with van der Waals surface area (Å²) in [6, 6.07) is -4.46. The Kier molecular flexibility index (Phi) is 8.91. The fourth-order valence-electron chi connectivity index (χ4n) is 3.62. The number of rotatable bonds is 11. The summed E-state index contributed by atoms with van der Waals surface area (Å²) in [6.45, 7) is 3.65. The molecule has 0 radical (unpaired) electrons. The number of carbonyl (C=O) groups excluding carboxylic acids is 3. The predicted molar refractivity (Wildman–Crippen MR) is 114 cm³/mol. The molecule has 1 saturated heterocycles. The average Bonchev–Trinajstić information content (AvgIpc) is 3.41. The Labute approximate surface area is 190 Å². The number of carboxylic acids is 2. The number of amides is 3. The second-order valence-electron chi connectivity index (χ2n) is 8.30. The van der Waals surface area contributed by atoms with Crippen LogP contribution >= 0.6 is 0 Å². The van der Waals surface area contributed by atoms with Gasteiger partial charge in [-0.3, -0.25) is 19.2 Å². The summed E-state index contributed by atoms with van der Waals surface area (Å²) in [7, 11) is 0. The van der Waals surface area contributed by atoms with Crippen LogP contribution < -0.4 is 16.4 Å². The molecule has 0 aromatic carbocycles. The number of nitrogens with one attached hydrogen (secondary N) is 3. The van der Waals surface area contributed by atoms with Gasteiger partial charge in [0.1, 0.15) is 18.1 Å². The number of H-pyrrole nitrogens is 1. The third-order valence-corrected chi connectivity index (χ3v) is 5.39. The van der Waals surface area contributed by atoms with Gasteiger partial charge in [0.15, 0.2) is 0 Å². The van der Waals surface area contributed by atoms with Gasteiger partial charge in [-0.05, 0) is 18.8 Å². The maximum Gasteiger partial charge on any atom is 0.326 e. The molecule has 2 heterocycles. The molecule has 0 aliphatic carbocycles. The van der Waals surface area contributed by atoms with Crippen LogP contribution in [0.4, 0.5) is 0 Å². The average molecular weight is 466 g/mol. The van der Waals surface area contributed by atoms with Crippen molar-refractivity contribution in [3.63, 3.8) is 0 Å². The maximum absolute atomic E-state index is 13.2. The molecule has 0 saturated carbocycles. The van der Waals surface area contributed by atoms with Crippen molar-refractivity contribution >= 4 is 29.7 Å². The van der Waals surface area contributed by atoms with Gasteiger partial charge in [0.05, 0.1) is 18.8 Å². The van der Waals surface area contributed by atoms with E-state index in [2.05, 4.69) is 20.6 Å². The minimum atomic E-state index is -1.33. The summed E-state index contributed by atoms with van der Waals surface area (Å²) >= 11 is 0. The normalized spacial score (nSPS) is 18.4. The Morgan fingerprint density at radius 1 is 1.24 bits per heavy atom. The number of carbonyl (C=O) groups is 5. The molecule has 1 fully saturated rings. The molecule has 182 valence electrons. The fraction of sp³-hybridized carbons (Fsp3) is 0.600. The minimum Gasteiger partial charge on any atom is -0.481 e. The van der Waals surface area contributed by atoms with E-state index in [4.69, 9.17) is 10.8 Å². The highest BCUT2D eigenvalue weighted by Crippen LogP contribution is 2.21. The standard InChI is InChI=1S/C20H30N6O7/c1-10(2)16(25-17(29)12(21)7-15(27)28)19(31)26-5-3-4-14(26)18(30)24-13(20(32)33)6-11-8-22-9-23-11/h8-10,12-14,16H,3-7,21H2,1-2H3,(H,22,23)(H,24,30)(H,25,29)(H,27,28)(H,32,33). The monoisotopic (exact) mass is 466 g/mol. The van der Waals surface area contributed by atoms with Gasteiger partial charge in [-0.2, -0.15) is 0 Å². The van der Waals surface area contributed by atoms with E-state index in [1.165, 1.54) is 17.4 Å². The molecule has 0 bridgehead atoms. The van der Waals surface area contributed by atoms with Gasteiger partial charge in [0.25, 0.3) is 0 Å². The molecule has 4 unspecified atom stereocenters. The third kappa shape index (κ3) is 7.00. The Hall–Kier alpha value is -3.48. The van der Waals surface area contributed by atoms with Gasteiger partial charge in [-0.15, -0.1) is 0 Å². The number of carboxylic acid groups (broad SMARTS) is 2. The van der Waals surface area contributed by atoms with Crippen LogP contribution in [-0.2, 0) is 30.4 Å². The van der Waals surface area contributed by atoms with E-state index in [0.717, 1.165) is 0 Å². The van der Waals surface area contributed by atoms with Crippen molar-refractivity contribution < 1.29 is 34.2 Å². The van der Waals surface area contributed by atoms with Crippen LogP contribution in [0.3, 0.4) is 0 Å². The van der Waals surface area contributed by atoms with Crippen LogP contribution in [0.15, 0.2) is 12.5 Å². The number of imidazole rings is 1. The summed E-state index contributed by atoms with van der Waals surface area (Å²) in [6.07, 6.45) is 3.12. The first-order valence-electron chi connectivity index (χ1n) is 10.6. The molecule has 0 spiro atoms. The maximum atomic E-state index is 13.2. The van der Waals surface area contributed by atoms with Crippen molar-refractivity contribution in [3.8, 4) is 0 Å².